The second kappa shape index (κ2) is 16.8. The van der Waals surface area contributed by atoms with Gasteiger partial charge in [0.2, 0.25) is 0 Å². The first-order valence-electron chi connectivity index (χ1n) is 9.83. The lowest BCUT2D eigenvalue weighted by atomic mass is 10.1. The maximum absolute atomic E-state index is 11.4. The third kappa shape index (κ3) is 18.0. The van der Waals surface area contributed by atoms with E-state index in [2.05, 4.69) is 6.92 Å². The summed E-state index contributed by atoms with van der Waals surface area (Å²) in [5.74, 6) is 0.0273. The van der Waals surface area contributed by atoms with Gasteiger partial charge in [0.1, 0.15) is 0 Å². The third-order valence-corrected chi connectivity index (χ3v) is 5.69. The number of carbonyl (C=O) groups is 1. The fourth-order valence-corrected chi connectivity index (χ4v) is 2.35. The molecule has 0 spiro atoms. The van der Waals surface area contributed by atoms with Crippen molar-refractivity contribution in [3.05, 3.63) is 0 Å². The van der Waals surface area contributed by atoms with Gasteiger partial charge in [0.05, 0.1) is 17.8 Å². The van der Waals surface area contributed by atoms with Crippen LogP contribution in [-0.4, -0.2) is 30.8 Å². The van der Waals surface area contributed by atoms with Gasteiger partial charge in [-0.1, -0.05) is 72.6 Å². The molecule has 6 heteroatoms. The number of esters is 1. The fourth-order valence-electron chi connectivity index (χ4n) is 1.93. The molecule has 5 nitrogen and oxygen atoms in total. The Kier molecular flexibility index (Phi) is 17.9. The number of unbranched alkanes of at least 4 members (excludes halogenated alkanes) is 7. The third-order valence-electron chi connectivity index (χ3n) is 4.34. The van der Waals surface area contributed by atoms with Crippen molar-refractivity contribution >= 4 is 16.1 Å². The van der Waals surface area contributed by atoms with Crippen LogP contribution in [0, 0.1) is 5.92 Å². The van der Waals surface area contributed by atoms with E-state index >= 15 is 0 Å². The Morgan fingerprint density at radius 2 is 1.36 bits per heavy atom. The summed E-state index contributed by atoms with van der Waals surface area (Å²) in [6.07, 6.45) is 11.6. The Balaban J connectivity index is 0. The summed E-state index contributed by atoms with van der Waals surface area (Å²) < 4.78 is 33.7. The molecule has 2 atom stereocenters. The summed E-state index contributed by atoms with van der Waals surface area (Å²) in [7, 11) is -3.75. The van der Waals surface area contributed by atoms with E-state index in [1.165, 1.54) is 51.9 Å². The van der Waals surface area contributed by atoms with Crippen LogP contribution in [0.15, 0.2) is 0 Å². The van der Waals surface area contributed by atoms with Crippen LogP contribution in [0.25, 0.3) is 0 Å². The molecule has 0 aliphatic rings. The van der Waals surface area contributed by atoms with Gasteiger partial charge in [0.25, 0.3) is 10.1 Å². The van der Waals surface area contributed by atoms with Crippen LogP contribution in [-0.2, 0) is 19.6 Å². The van der Waals surface area contributed by atoms with E-state index in [-0.39, 0.29) is 11.9 Å². The highest BCUT2D eigenvalue weighted by Crippen LogP contribution is 2.09. The minimum atomic E-state index is -3.75. The molecule has 152 valence electrons. The summed E-state index contributed by atoms with van der Waals surface area (Å²) in [6, 6.07) is 0. The van der Waals surface area contributed by atoms with Crippen LogP contribution in [0.1, 0.15) is 98.8 Å². The van der Waals surface area contributed by atoms with Crippen LogP contribution in [0.3, 0.4) is 0 Å². The molecule has 0 radical (unpaired) electrons. The molecule has 25 heavy (non-hydrogen) atoms. The Labute approximate surface area is 155 Å². The van der Waals surface area contributed by atoms with Gasteiger partial charge in [-0.25, -0.2) is 0 Å². The highest BCUT2D eigenvalue weighted by Gasteiger charge is 2.13. The molecule has 1 N–H and O–H groups in total. The Morgan fingerprint density at radius 1 is 0.880 bits per heavy atom. The summed E-state index contributed by atoms with van der Waals surface area (Å²) in [6.45, 7) is 9.97. The second-order valence-electron chi connectivity index (χ2n) is 6.69. The maximum atomic E-state index is 11.4. The molecule has 0 aromatic heterocycles. The molecule has 0 heterocycles. The van der Waals surface area contributed by atoms with E-state index in [0.29, 0.717) is 13.0 Å². The number of ether oxygens (including phenoxy) is 1. The Morgan fingerprint density at radius 3 is 1.72 bits per heavy atom. The van der Waals surface area contributed by atoms with Crippen LogP contribution in [0.4, 0.5) is 0 Å². The van der Waals surface area contributed by atoms with Crippen molar-refractivity contribution in [3.8, 4) is 0 Å². The molecule has 0 rings (SSSR count). The molecule has 0 saturated heterocycles. The minimum absolute atomic E-state index is 0.0320. The van der Waals surface area contributed by atoms with E-state index < -0.39 is 15.4 Å². The second-order valence-corrected chi connectivity index (χ2v) is 8.52. The van der Waals surface area contributed by atoms with E-state index in [1.807, 2.05) is 13.8 Å². The quantitative estimate of drug-likeness (QED) is 0.263. The number of hydrogen-bond donors (Lipinski definition) is 1. The molecule has 0 bridgehead atoms. The molecule has 0 amide bonds. The Bertz CT molecular complexity index is 406. The van der Waals surface area contributed by atoms with Gasteiger partial charge >= 0.3 is 5.97 Å². The topological polar surface area (TPSA) is 80.7 Å². The first-order chi connectivity index (χ1) is 11.7. The summed E-state index contributed by atoms with van der Waals surface area (Å²) in [5, 5.41) is -0.623. The van der Waals surface area contributed by atoms with Crippen molar-refractivity contribution in [2.75, 3.05) is 6.61 Å². The smallest absolute Gasteiger partial charge is 0.308 e. The lowest BCUT2D eigenvalue weighted by Crippen LogP contribution is -2.14. The summed E-state index contributed by atoms with van der Waals surface area (Å²) >= 11 is 0. The van der Waals surface area contributed by atoms with Crippen molar-refractivity contribution in [3.63, 3.8) is 0 Å². The first-order valence-corrected chi connectivity index (χ1v) is 11.3. The average Bonchev–Trinajstić information content (AvgIpc) is 2.58. The molecule has 0 fully saturated rings. The predicted molar refractivity (Wildman–Crippen MR) is 104 cm³/mol. The van der Waals surface area contributed by atoms with Crippen molar-refractivity contribution in [2.45, 2.75) is 104 Å². The zero-order valence-electron chi connectivity index (χ0n) is 16.9. The van der Waals surface area contributed by atoms with E-state index in [9.17, 15) is 13.2 Å². The van der Waals surface area contributed by atoms with Gasteiger partial charge in [-0.2, -0.15) is 8.42 Å². The standard InChI is InChI=1S/C15H30O2.C4H10O3S/c1-4-6-7-8-9-10-11-12-13-17-15(16)14(3)5-2;1-3-4(2)8(5,6)7/h14H,4-13H2,1-3H3;4H,3H2,1-2H3,(H,5,6,7). The lowest BCUT2D eigenvalue weighted by Gasteiger charge is -2.08. The molecule has 0 saturated carbocycles. The SMILES string of the molecule is CCC(C)S(=O)(=O)O.CCCCCCCCCCOC(=O)C(C)CC. The molecule has 0 aromatic rings. The monoisotopic (exact) mass is 380 g/mol. The van der Waals surface area contributed by atoms with Gasteiger partial charge in [0.15, 0.2) is 0 Å². The number of hydrogen-bond acceptors (Lipinski definition) is 4. The molecular formula is C19H40O5S. The molecule has 0 aliphatic heterocycles. The van der Waals surface area contributed by atoms with Gasteiger partial charge < -0.3 is 4.74 Å². The summed E-state index contributed by atoms with van der Waals surface area (Å²) in [4.78, 5) is 11.4. The largest absolute Gasteiger partial charge is 0.465 e. The van der Waals surface area contributed by atoms with Crippen LogP contribution in [0.5, 0.6) is 0 Å². The zero-order chi connectivity index (χ0) is 19.7. The van der Waals surface area contributed by atoms with Crippen molar-refractivity contribution in [1.29, 1.82) is 0 Å². The van der Waals surface area contributed by atoms with Crippen molar-refractivity contribution < 1.29 is 22.5 Å². The van der Waals surface area contributed by atoms with E-state index in [1.54, 1.807) is 6.92 Å². The maximum Gasteiger partial charge on any atom is 0.308 e. The number of rotatable bonds is 13. The Hall–Kier alpha value is -0.620. The van der Waals surface area contributed by atoms with Crippen molar-refractivity contribution in [1.82, 2.24) is 0 Å². The van der Waals surface area contributed by atoms with Gasteiger partial charge in [0, 0.05) is 0 Å². The summed E-state index contributed by atoms with van der Waals surface area (Å²) in [5.41, 5.74) is 0. The van der Waals surface area contributed by atoms with E-state index in [0.717, 1.165) is 12.8 Å². The normalized spacial score (nSPS) is 13.5. The van der Waals surface area contributed by atoms with E-state index in [4.69, 9.17) is 9.29 Å². The lowest BCUT2D eigenvalue weighted by molar-refractivity contribution is -0.148. The average molecular weight is 381 g/mol. The fraction of sp³-hybridized carbons (Fsp3) is 0.947. The van der Waals surface area contributed by atoms with Gasteiger partial charge in [-0.05, 0) is 26.2 Å². The number of carbonyl (C=O) groups excluding carboxylic acids is 1. The molecular weight excluding hydrogens is 340 g/mol. The van der Waals surface area contributed by atoms with Crippen LogP contribution in [0.2, 0.25) is 0 Å². The highest BCUT2D eigenvalue weighted by molar-refractivity contribution is 7.86. The predicted octanol–water partition coefficient (Wildman–Crippen LogP) is 5.39. The van der Waals surface area contributed by atoms with Gasteiger partial charge in [-0.15, -0.1) is 0 Å². The minimum Gasteiger partial charge on any atom is -0.465 e. The van der Waals surface area contributed by atoms with Crippen LogP contribution < -0.4 is 0 Å². The van der Waals surface area contributed by atoms with Gasteiger partial charge in [-0.3, -0.25) is 9.35 Å². The molecule has 0 aromatic carbocycles. The van der Waals surface area contributed by atoms with Crippen LogP contribution >= 0.6 is 0 Å². The highest BCUT2D eigenvalue weighted by atomic mass is 32.2. The zero-order valence-corrected chi connectivity index (χ0v) is 17.7. The molecule has 0 aliphatic carbocycles. The molecule has 2 unspecified atom stereocenters. The van der Waals surface area contributed by atoms with Crippen molar-refractivity contribution in [2.24, 2.45) is 5.92 Å². The first kappa shape index (κ1) is 26.6.